The lowest BCUT2D eigenvalue weighted by molar-refractivity contribution is 0.785. The molecule has 1 rings (SSSR count). The van der Waals surface area contributed by atoms with Crippen LogP contribution in [0.3, 0.4) is 0 Å². The first-order chi connectivity index (χ1) is 4.61. The van der Waals surface area contributed by atoms with Crippen molar-refractivity contribution in [3.63, 3.8) is 0 Å². The zero-order chi connectivity index (χ0) is 7.72. The summed E-state index contributed by atoms with van der Waals surface area (Å²) in [6.45, 7) is 8.27. The number of hydrogen-bond acceptors (Lipinski definition) is 2. The second-order valence-corrected chi connectivity index (χ2v) is 2.75. The molecule has 0 aliphatic carbocycles. The van der Waals surface area contributed by atoms with Crippen LogP contribution in [-0.2, 0) is 0 Å². The third-order valence-electron chi connectivity index (χ3n) is 1.88. The van der Waals surface area contributed by atoms with E-state index in [1.165, 1.54) is 22.8 Å². The monoisotopic (exact) mass is 138 g/mol. The summed E-state index contributed by atoms with van der Waals surface area (Å²) in [5.41, 5.74) is 4.84. The largest absolute Gasteiger partial charge is 0.360 e. The normalized spacial score (nSPS) is 18.8. The summed E-state index contributed by atoms with van der Waals surface area (Å²) < 4.78 is 0. The molecule has 0 fully saturated rings. The maximum absolute atomic E-state index is 3.28. The molecule has 0 aromatic carbocycles. The summed E-state index contributed by atoms with van der Waals surface area (Å²) in [5, 5.41) is 6.55. The molecule has 0 radical (unpaired) electrons. The van der Waals surface area contributed by atoms with E-state index in [4.69, 9.17) is 0 Å². The van der Waals surface area contributed by atoms with E-state index in [0.717, 1.165) is 0 Å². The van der Waals surface area contributed by atoms with Crippen LogP contribution in [0.1, 0.15) is 27.7 Å². The van der Waals surface area contributed by atoms with Gasteiger partial charge in [0, 0.05) is 22.8 Å². The van der Waals surface area contributed by atoms with Crippen LogP contribution < -0.4 is 10.6 Å². The van der Waals surface area contributed by atoms with Gasteiger partial charge in [0.1, 0.15) is 0 Å². The standard InChI is InChI=1S/C8H14N2/c1-5-6(2)10-8(4)7(3)9-5/h9-10H,1-4H3. The molecule has 0 saturated carbocycles. The lowest BCUT2D eigenvalue weighted by Crippen LogP contribution is -2.26. The molecule has 0 atom stereocenters. The average molecular weight is 138 g/mol. The summed E-state index contributed by atoms with van der Waals surface area (Å²) in [6, 6.07) is 0. The number of nitrogens with one attached hydrogen (secondary N) is 2. The highest BCUT2D eigenvalue weighted by Gasteiger charge is 2.06. The van der Waals surface area contributed by atoms with Crippen LogP contribution in [0.15, 0.2) is 22.8 Å². The van der Waals surface area contributed by atoms with Gasteiger partial charge in [0.15, 0.2) is 0 Å². The summed E-state index contributed by atoms with van der Waals surface area (Å²) in [7, 11) is 0. The predicted octanol–water partition coefficient (Wildman–Crippen LogP) is 1.68. The lowest BCUT2D eigenvalue weighted by Gasteiger charge is -2.21. The molecule has 2 nitrogen and oxygen atoms in total. The molecular weight excluding hydrogens is 124 g/mol. The van der Waals surface area contributed by atoms with Crippen molar-refractivity contribution >= 4 is 0 Å². The van der Waals surface area contributed by atoms with Crippen LogP contribution >= 0.6 is 0 Å². The Morgan fingerprint density at radius 1 is 0.600 bits per heavy atom. The Kier molecular flexibility index (Phi) is 1.70. The molecule has 0 unspecified atom stereocenters. The van der Waals surface area contributed by atoms with Crippen LogP contribution in [0.4, 0.5) is 0 Å². The molecule has 0 spiro atoms. The SMILES string of the molecule is CC1=C(C)NC(C)=C(C)N1. The fraction of sp³-hybridized carbons (Fsp3) is 0.500. The molecule has 10 heavy (non-hydrogen) atoms. The van der Waals surface area contributed by atoms with Crippen molar-refractivity contribution in [2.75, 3.05) is 0 Å². The van der Waals surface area contributed by atoms with Crippen LogP contribution in [0, 0.1) is 0 Å². The van der Waals surface area contributed by atoms with Crippen molar-refractivity contribution in [1.82, 2.24) is 10.6 Å². The molecule has 1 aliphatic rings. The van der Waals surface area contributed by atoms with Gasteiger partial charge in [-0.2, -0.15) is 0 Å². The summed E-state index contributed by atoms with van der Waals surface area (Å²) >= 11 is 0. The Hall–Kier alpha value is -0.920. The van der Waals surface area contributed by atoms with E-state index in [1.807, 2.05) is 0 Å². The van der Waals surface area contributed by atoms with Crippen LogP contribution in [0.2, 0.25) is 0 Å². The molecule has 1 heterocycles. The van der Waals surface area contributed by atoms with Gasteiger partial charge in [-0.25, -0.2) is 0 Å². The van der Waals surface area contributed by atoms with Gasteiger partial charge in [-0.15, -0.1) is 0 Å². The maximum Gasteiger partial charge on any atom is 0.0310 e. The smallest absolute Gasteiger partial charge is 0.0310 e. The summed E-state index contributed by atoms with van der Waals surface area (Å²) in [5.74, 6) is 0. The van der Waals surface area contributed by atoms with Crippen molar-refractivity contribution < 1.29 is 0 Å². The fourth-order valence-electron chi connectivity index (χ4n) is 0.938. The van der Waals surface area contributed by atoms with E-state index in [2.05, 4.69) is 38.3 Å². The van der Waals surface area contributed by atoms with Gasteiger partial charge < -0.3 is 10.6 Å². The van der Waals surface area contributed by atoms with Crippen LogP contribution in [0.5, 0.6) is 0 Å². The first-order valence-electron chi connectivity index (χ1n) is 3.50. The highest BCUT2D eigenvalue weighted by molar-refractivity contribution is 5.24. The third-order valence-corrected chi connectivity index (χ3v) is 1.88. The Balaban J connectivity index is 2.81. The van der Waals surface area contributed by atoms with Gasteiger partial charge in [-0.3, -0.25) is 0 Å². The third kappa shape index (κ3) is 1.15. The predicted molar refractivity (Wildman–Crippen MR) is 43.0 cm³/mol. The van der Waals surface area contributed by atoms with Crippen molar-refractivity contribution in [2.45, 2.75) is 27.7 Å². The summed E-state index contributed by atoms with van der Waals surface area (Å²) in [6.07, 6.45) is 0. The minimum absolute atomic E-state index is 1.21. The molecule has 0 aromatic rings. The Bertz CT molecular complexity index is 167. The van der Waals surface area contributed by atoms with Gasteiger partial charge in [0.25, 0.3) is 0 Å². The first-order valence-corrected chi connectivity index (χ1v) is 3.50. The second kappa shape index (κ2) is 2.37. The van der Waals surface area contributed by atoms with Crippen LogP contribution in [-0.4, -0.2) is 0 Å². The first kappa shape index (κ1) is 7.19. The Morgan fingerprint density at radius 2 is 0.800 bits per heavy atom. The van der Waals surface area contributed by atoms with Crippen molar-refractivity contribution in [3.8, 4) is 0 Å². The molecule has 1 aliphatic heterocycles. The quantitative estimate of drug-likeness (QED) is 0.532. The lowest BCUT2D eigenvalue weighted by atomic mass is 10.2. The highest BCUT2D eigenvalue weighted by atomic mass is 15.0. The fourth-order valence-corrected chi connectivity index (χ4v) is 0.938. The van der Waals surface area contributed by atoms with Crippen molar-refractivity contribution in [3.05, 3.63) is 22.8 Å². The van der Waals surface area contributed by atoms with Gasteiger partial charge in [-0.05, 0) is 27.7 Å². The number of hydrogen-bond donors (Lipinski definition) is 2. The van der Waals surface area contributed by atoms with Crippen molar-refractivity contribution in [2.24, 2.45) is 0 Å². The van der Waals surface area contributed by atoms with Gasteiger partial charge in [-0.1, -0.05) is 0 Å². The maximum atomic E-state index is 3.28. The molecular formula is C8H14N2. The van der Waals surface area contributed by atoms with E-state index in [9.17, 15) is 0 Å². The minimum atomic E-state index is 1.21. The van der Waals surface area contributed by atoms with E-state index >= 15 is 0 Å². The highest BCUT2D eigenvalue weighted by Crippen LogP contribution is 2.10. The molecule has 0 aromatic heterocycles. The van der Waals surface area contributed by atoms with E-state index in [0.29, 0.717) is 0 Å². The molecule has 56 valence electrons. The van der Waals surface area contributed by atoms with Gasteiger partial charge in [0.05, 0.1) is 0 Å². The number of allylic oxidation sites excluding steroid dienone is 4. The topological polar surface area (TPSA) is 24.1 Å². The van der Waals surface area contributed by atoms with Crippen LogP contribution in [0.25, 0.3) is 0 Å². The van der Waals surface area contributed by atoms with Crippen molar-refractivity contribution in [1.29, 1.82) is 0 Å². The zero-order valence-corrected chi connectivity index (χ0v) is 7.00. The zero-order valence-electron chi connectivity index (χ0n) is 7.00. The minimum Gasteiger partial charge on any atom is -0.360 e. The molecule has 0 amide bonds. The van der Waals surface area contributed by atoms with E-state index in [1.54, 1.807) is 0 Å². The summed E-state index contributed by atoms with van der Waals surface area (Å²) in [4.78, 5) is 0. The molecule has 2 heteroatoms. The molecule has 0 bridgehead atoms. The Morgan fingerprint density at radius 3 is 1.00 bits per heavy atom. The Labute approximate surface area is 62.0 Å². The number of rotatable bonds is 0. The van der Waals surface area contributed by atoms with Gasteiger partial charge >= 0.3 is 0 Å². The second-order valence-electron chi connectivity index (χ2n) is 2.75. The van der Waals surface area contributed by atoms with E-state index < -0.39 is 0 Å². The molecule has 2 N–H and O–H groups in total. The molecule has 0 saturated heterocycles. The average Bonchev–Trinajstić information content (AvgIpc) is 1.84. The van der Waals surface area contributed by atoms with E-state index in [-0.39, 0.29) is 0 Å². The van der Waals surface area contributed by atoms with Gasteiger partial charge in [0.2, 0.25) is 0 Å².